The third-order valence-electron chi connectivity index (χ3n) is 5.75. The molecule has 0 saturated carbocycles. The highest BCUT2D eigenvalue weighted by Crippen LogP contribution is 2.23. The van der Waals surface area contributed by atoms with Gasteiger partial charge in [0.25, 0.3) is 0 Å². The van der Waals surface area contributed by atoms with Gasteiger partial charge in [-0.3, -0.25) is 4.79 Å². The van der Waals surface area contributed by atoms with Gasteiger partial charge in [-0.15, -0.1) is 0 Å². The van der Waals surface area contributed by atoms with Crippen LogP contribution in [0.15, 0.2) is 48.5 Å². The summed E-state index contributed by atoms with van der Waals surface area (Å²) in [5.41, 5.74) is 4.03. The highest BCUT2D eigenvalue weighted by molar-refractivity contribution is 5.82. The molecule has 0 aliphatic carbocycles. The van der Waals surface area contributed by atoms with Crippen molar-refractivity contribution in [2.75, 3.05) is 19.6 Å². The van der Waals surface area contributed by atoms with Crippen LogP contribution in [0.25, 0.3) is 0 Å². The Morgan fingerprint density at radius 1 is 1.04 bits per heavy atom. The van der Waals surface area contributed by atoms with Gasteiger partial charge in [0.15, 0.2) is 5.78 Å². The van der Waals surface area contributed by atoms with Gasteiger partial charge in [0.05, 0.1) is 24.7 Å². The molecule has 1 heterocycles. The van der Waals surface area contributed by atoms with Gasteiger partial charge >= 0.3 is 0 Å². The molecule has 0 bridgehead atoms. The summed E-state index contributed by atoms with van der Waals surface area (Å²) in [6, 6.07) is 18.4. The Labute approximate surface area is 162 Å². The maximum atomic E-state index is 13.0. The molecule has 1 aliphatic heterocycles. The predicted molar refractivity (Wildman–Crippen MR) is 108 cm³/mol. The molecule has 0 aromatic heterocycles. The highest BCUT2D eigenvalue weighted by Gasteiger charge is 2.31. The number of rotatable bonds is 6. The van der Waals surface area contributed by atoms with E-state index in [1.165, 1.54) is 31.2 Å². The van der Waals surface area contributed by atoms with Crippen molar-refractivity contribution in [2.45, 2.75) is 45.6 Å². The van der Waals surface area contributed by atoms with Gasteiger partial charge in [-0.25, -0.2) is 0 Å². The number of hydrogen-bond donors (Lipinski definition) is 0. The van der Waals surface area contributed by atoms with Gasteiger partial charge in [-0.2, -0.15) is 5.26 Å². The average molecular weight is 362 g/mol. The lowest BCUT2D eigenvalue weighted by Crippen LogP contribution is -2.51. The molecule has 1 fully saturated rings. The molecular formula is C24H29N2O+. The Kier molecular flexibility index (Phi) is 6.42. The minimum Gasteiger partial charge on any atom is -0.314 e. The topological polar surface area (TPSA) is 40.9 Å². The van der Waals surface area contributed by atoms with E-state index >= 15 is 0 Å². The molecular weight excluding hydrogens is 332 g/mol. The SMILES string of the molecule is Cc1ccc(C#N)cc1CC(=O)C[N+]1(Cc2ccccc2)CCCCCC1. The molecule has 0 amide bonds. The first-order chi connectivity index (χ1) is 13.1. The van der Waals surface area contributed by atoms with E-state index in [1.807, 2.05) is 31.2 Å². The fraction of sp³-hybridized carbons (Fsp3) is 0.417. The second-order valence-corrected chi connectivity index (χ2v) is 7.97. The summed E-state index contributed by atoms with van der Waals surface area (Å²) in [5, 5.41) is 9.15. The van der Waals surface area contributed by atoms with Crippen molar-refractivity contribution in [2.24, 2.45) is 0 Å². The molecule has 0 N–H and O–H groups in total. The third-order valence-corrected chi connectivity index (χ3v) is 5.75. The minimum absolute atomic E-state index is 0.283. The van der Waals surface area contributed by atoms with E-state index in [-0.39, 0.29) is 5.78 Å². The highest BCUT2D eigenvalue weighted by atomic mass is 16.1. The Morgan fingerprint density at radius 3 is 2.41 bits per heavy atom. The molecule has 27 heavy (non-hydrogen) atoms. The lowest BCUT2D eigenvalue weighted by molar-refractivity contribution is -0.932. The summed E-state index contributed by atoms with van der Waals surface area (Å²) in [6.45, 7) is 5.70. The number of nitriles is 1. The Hall–Kier alpha value is -2.44. The van der Waals surface area contributed by atoms with Crippen molar-refractivity contribution in [3.05, 3.63) is 70.8 Å². The number of carbonyl (C=O) groups is 1. The zero-order valence-electron chi connectivity index (χ0n) is 16.3. The summed E-state index contributed by atoms with van der Waals surface area (Å²) in [7, 11) is 0. The second kappa shape index (κ2) is 8.97. The molecule has 0 unspecified atom stereocenters. The lowest BCUT2D eigenvalue weighted by Gasteiger charge is -2.37. The average Bonchev–Trinajstić information content (AvgIpc) is 2.89. The predicted octanol–water partition coefficient (Wildman–Crippen LogP) is 4.57. The number of quaternary nitrogens is 1. The number of carbonyl (C=O) groups excluding carboxylic acids is 1. The Balaban J connectivity index is 1.77. The van der Waals surface area contributed by atoms with E-state index in [4.69, 9.17) is 5.26 Å². The van der Waals surface area contributed by atoms with Crippen molar-refractivity contribution in [3.63, 3.8) is 0 Å². The van der Waals surface area contributed by atoms with E-state index in [2.05, 4.69) is 30.3 Å². The molecule has 140 valence electrons. The first-order valence-corrected chi connectivity index (χ1v) is 10.0. The van der Waals surface area contributed by atoms with Gasteiger partial charge in [0.2, 0.25) is 0 Å². The summed E-state index contributed by atoms with van der Waals surface area (Å²) < 4.78 is 0.875. The van der Waals surface area contributed by atoms with Crippen molar-refractivity contribution >= 4 is 5.78 Å². The molecule has 3 rings (SSSR count). The van der Waals surface area contributed by atoms with E-state index in [0.29, 0.717) is 18.5 Å². The van der Waals surface area contributed by atoms with Crippen molar-refractivity contribution in [3.8, 4) is 6.07 Å². The van der Waals surface area contributed by atoms with Crippen LogP contribution in [-0.4, -0.2) is 29.9 Å². The van der Waals surface area contributed by atoms with E-state index in [9.17, 15) is 4.79 Å². The first-order valence-electron chi connectivity index (χ1n) is 10.0. The number of ketones is 1. The minimum atomic E-state index is 0.283. The van der Waals surface area contributed by atoms with Gasteiger partial charge < -0.3 is 4.48 Å². The van der Waals surface area contributed by atoms with Crippen LogP contribution in [0.1, 0.15) is 47.9 Å². The van der Waals surface area contributed by atoms with Crippen LogP contribution in [0.3, 0.4) is 0 Å². The maximum absolute atomic E-state index is 13.0. The molecule has 2 aromatic carbocycles. The Bertz CT molecular complexity index is 812. The standard InChI is InChI=1S/C24H29N2O/c1-20-11-12-22(17-25)15-23(20)16-24(27)19-26(13-7-2-3-8-14-26)18-21-9-5-4-6-10-21/h4-6,9-12,15H,2-3,7-8,13-14,16,18-19H2,1H3/q+1. The first kappa shape index (κ1) is 19.3. The second-order valence-electron chi connectivity index (χ2n) is 7.97. The number of benzene rings is 2. The monoisotopic (exact) mass is 361 g/mol. The quantitative estimate of drug-likeness (QED) is 0.707. The normalized spacial score (nSPS) is 16.3. The van der Waals surface area contributed by atoms with E-state index in [0.717, 1.165) is 35.2 Å². The molecule has 2 aromatic rings. The van der Waals surface area contributed by atoms with E-state index in [1.54, 1.807) is 0 Å². The molecule has 0 spiro atoms. The summed E-state index contributed by atoms with van der Waals surface area (Å²) in [6.07, 6.45) is 5.36. The number of aryl methyl sites for hydroxylation is 1. The summed E-state index contributed by atoms with van der Waals surface area (Å²) >= 11 is 0. The van der Waals surface area contributed by atoms with Crippen molar-refractivity contribution < 1.29 is 9.28 Å². The van der Waals surface area contributed by atoms with Crippen LogP contribution in [0.2, 0.25) is 0 Å². The van der Waals surface area contributed by atoms with Crippen LogP contribution in [0, 0.1) is 18.3 Å². The van der Waals surface area contributed by atoms with Gasteiger partial charge in [0, 0.05) is 12.0 Å². The molecule has 3 nitrogen and oxygen atoms in total. The maximum Gasteiger partial charge on any atom is 0.191 e. The van der Waals surface area contributed by atoms with E-state index < -0.39 is 0 Å². The Morgan fingerprint density at radius 2 is 1.74 bits per heavy atom. The van der Waals surface area contributed by atoms with Crippen LogP contribution >= 0.6 is 0 Å². The van der Waals surface area contributed by atoms with Gasteiger partial charge in [-0.1, -0.05) is 36.4 Å². The number of Topliss-reactive ketones (excluding diaryl/α,β-unsaturated/α-hetero) is 1. The van der Waals surface area contributed by atoms with Gasteiger partial charge in [-0.05, 0) is 55.9 Å². The molecule has 0 atom stereocenters. The number of nitrogens with zero attached hydrogens (tertiary/aromatic N) is 2. The number of hydrogen-bond acceptors (Lipinski definition) is 2. The molecule has 1 saturated heterocycles. The fourth-order valence-electron chi connectivity index (χ4n) is 4.28. The van der Waals surface area contributed by atoms with Gasteiger partial charge in [0.1, 0.15) is 13.1 Å². The third kappa shape index (κ3) is 5.28. The molecule has 1 aliphatic rings. The molecule has 3 heteroatoms. The largest absolute Gasteiger partial charge is 0.314 e. The molecule has 0 radical (unpaired) electrons. The van der Waals surface area contributed by atoms with Crippen LogP contribution in [-0.2, 0) is 17.8 Å². The number of likely N-dealkylation sites (tertiary alicyclic amines) is 1. The smallest absolute Gasteiger partial charge is 0.191 e. The fourth-order valence-corrected chi connectivity index (χ4v) is 4.28. The summed E-state index contributed by atoms with van der Waals surface area (Å²) in [4.78, 5) is 13.0. The van der Waals surface area contributed by atoms with Crippen LogP contribution in [0.4, 0.5) is 0 Å². The lowest BCUT2D eigenvalue weighted by atomic mass is 10.00. The van der Waals surface area contributed by atoms with Crippen molar-refractivity contribution in [1.29, 1.82) is 5.26 Å². The summed E-state index contributed by atoms with van der Waals surface area (Å²) in [5.74, 6) is 0.283. The van der Waals surface area contributed by atoms with Crippen molar-refractivity contribution in [1.82, 2.24) is 0 Å². The zero-order valence-corrected chi connectivity index (χ0v) is 16.3. The van der Waals surface area contributed by atoms with Crippen LogP contribution < -0.4 is 0 Å². The van der Waals surface area contributed by atoms with Crippen LogP contribution in [0.5, 0.6) is 0 Å². The zero-order chi connectivity index (χ0) is 19.1.